The van der Waals surface area contributed by atoms with Crippen molar-refractivity contribution in [2.24, 2.45) is 7.05 Å². The van der Waals surface area contributed by atoms with Crippen LogP contribution in [-0.4, -0.2) is 52.0 Å². The van der Waals surface area contributed by atoms with Crippen LogP contribution in [0, 0.1) is 0 Å². The minimum absolute atomic E-state index is 0.120. The first kappa shape index (κ1) is 25.8. The number of carbonyl (C=O) groups excluding carboxylic acids is 3. The molecule has 0 saturated carbocycles. The lowest BCUT2D eigenvalue weighted by atomic mass is 10.1. The van der Waals surface area contributed by atoms with E-state index in [1.54, 1.807) is 49.9 Å². The molecule has 0 radical (unpaired) electrons. The van der Waals surface area contributed by atoms with Gasteiger partial charge in [0.1, 0.15) is 5.75 Å². The van der Waals surface area contributed by atoms with Crippen molar-refractivity contribution >= 4 is 35.2 Å². The van der Waals surface area contributed by atoms with E-state index in [1.807, 2.05) is 24.3 Å². The number of carbonyl (C=O) groups is 3. The second kappa shape index (κ2) is 12.6. The number of thioether (sulfide) groups is 1. The third-order valence-corrected chi connectivity index (χ3v) is 5.92. The molecule has 0 fully saturated rings. The topological polar surface area (TPSA) is 124 Å². The van der Waals surface area contributed by atoms with E-state index >= 15 is 0 Å². The molecule has 0 bridgehead atoms. The van der Waals surface area contributed by atoms with Gasteiger partial charge in [-0.3, -0.25) is 9.59 Å². The summed E-state index contributed by atoms with van der Waals surface area (Å²) in [5.41, 5.74) is 1.86. The lowest BCUT2D eigenvalue weighted by Crippen LogP contribution is -2.26. The first-order valence-corrected chi connectivity index (χ1v) is 11.9. The van der Waals surface area contributed by atoms with Crippen molar-refractivity contribution in [2.45, 2.75) is 25.0 Å². The SMILES string of the molecule is CCOC(=O)c1ccc(NC(=O)CSc2nnc(CNC(=O)Cc3ccc(OC)cc3)n2C)cc1. The molecule has 2 amide bonds. The number of aromatic nitrogens is 3. The second-order valence-corrected chi connectivity index (χ2v) is 8.34. The van der Waals surface area contributed by atoms with Gasteiger partial charge in [0.2, 0.25) is 11.8 Å². The molecule has 2 aromatic carbocycles. The number of hydrogen-bond donors (Lipinski definition) is 2. The second-order valence-electron chi connectivity index (χ2n) is 7.39. The van der Waals surface area contributed by atoms with Crippen LogP contribution >= 0.6 is 11.8 Å². The zero-order valence-electron chi connectivity index (χ0n) is 19.7. The molecular weight excluding hydrogens is 470 g/mol. The van der Waals surface area contributed by atoms with Crippen LogP contribution in [0.1, 0.15) is 28.7 Å². The van der Waals surface area contributed by atoms with Gasteiger partial charge in [-0.1, -0.05) is 23.9 Å². The fraction of sp³-hybridized carbons (Fsp3) is 0.292. The van der Waals surface area contributed by atoms with Crippen molar-refractivity contribution in [3.63, 3.8) is 0 Å². The van der Waals surface area contributed by atoms with Crippen molar-refractivity contribution in [1.29, 1.82) is 0 Å². The highest BCUT2D eigenvalue weighted by molar-refractivity contribution is 7.99. The van der Waals surface area contributed by atoms with E-state index in [1.165, 1.54) is 11.8 Å². The molecule has 0 aliphatic rings. The molecule has 0 saturated heterocycles. The maximum Gasteiger partial charge on any atom is 0.338 e. The third kappa shape index (κ3) is 7.57. The molecule has 0 atom stereocenters. The van der Waals surface area contributed by atoms with Gasteiger partial charge in [0.25, 0.3) is 0 Å². The molecule has 0 spiro atoms. The number of methoxy groups -OCH3 is 1. The standard InChI is InChI=1S/C24H27N5O5S/c1-4-34-23(32)17-7-9-18(10-8-17)26-22(31)15-35-24-28-27-20(29(24)2)14-25-21(30)13-16-5-11-19(33-3)12-6-16/h5-12H,4,13-15H2,1-3H3,(H,25,30)(H,26,31). The summed E-state index contributed by atoms with van der Waals surface area (Å²) in [5, 5.41) is 14.4. The molecule has 1 aromatic heterocycles. The summed E-state index contributed by atoms with van der Waals surface area (Å²) in [6, 6.07) is 13.8. The van der Waals surface area contributed by atoms with Crippen LogP contribution in [0.4, 0.5) is 5.69 Å². The van der Waals surface area contributed by atoms with Gasteiger partial charge in [-0.05, 0) is 48.9 Å². The van der Waals surface area contributed by atoms with Crippen LogP contribution in [0.2, 0.25) is 0 Å². The maximum absolute atomic E-state index is 12.3. The highest BCUT2D eigenvalue weighted by Crippen LogP contribution is 2.17. The lowest BCUT2D eigenvalue weighted by molar-refractivity contribution is -0.120. The van der Waals surface area contributed by atoms with E-state index < -0.39 is 5.97 Å². The van der Waals surface area contributed by atoms with E-state index in [9.17, 15) is 14.4 Å². The van der Waals surface area contributed by atoms with Gasteiger partial charge < -0.3 is 24.7 Å². The number of ether oxygens (including phenoxy) is 2. The van der Waals surface area contributed by atoms with Gasteiger partial charge in [-0.25, -0.2) is 4.79 Å². The Kier molecular flexibility index (Phi) is 9.24. The Morgan fingerprint density at radius 1 is 1.00 bits per heavy atom. The maximum atomic E-state index is 12.3. The Morgan fingerprint density at radius 2 is 1.71 bits per heavy atom. The molecule has 0 aliphatic heterocycles. The molecule has 0 unspecified atom stereocenters. The number of benzene rings is 2. The number of rotatable bonds is 11. The number of amides is 2. The summed E-state index contributed by atoms with van der Waals surface area (Å²) in [6.45, 7) is 2.26. The summed E-state index contributed by atoms with van der Waals surface area (Å²) >= 11 is 1.23. The molecule has 0 aliphatic carbocycles. The normalized spacial score (nSPS) is 10.5. The Hall–Kier alpha value is -3.86. The van der Waals surface area contributed by atoms with E-state index in [4.69, 9.17) is 9.47 Å². The molecule has 11 heteroatoms. The van der Waals surface area contributed by atoms with Gasteiger partial charge in [0.05, 0.1) is 38.0 Å². The highest BCUT2D eigenvalue weighted by atomic mass is 32.2. The van der Waals surface area contributed by atoms with Crippen molar-refractivity contribution in [2.75, 3.05) is 24.8 Å². The van der Waals surface area contributed by atoms with Gasteiger partial charge in [-0.15, -0.1) is 10.2 Å². The Balaban J connectivity index is 1.45. The summed E-state index contributed by atoms with van der Waals surface area (Å²) in [4.78, 5) is 36.3. The number of nitrogens with zero attached hydrogens (tertiary/aromatic N) is 3. The quantitative estimate of drug-likeness (QED) is 0.306. The Morgan fingerprint density at radius 3 is 2.37 bits per heavy atom. The Bertz CT molecular complexity index is 1160. The van der Waals surface area contributed by atoms with Gasteiger partial charge in [0.15, 0.2) is 11.0 Å². The molecule has 35 heavy (non-hydrogen) atoms. The first-order valence-electron chi connectivity index (χ1n) is 10.9. The van der Waals surface area contributed by atoms with Crippen LogP contribution in [-0.2, 0) is 34.3 Å². The fourth-order valence-electron chi connectivity index (χ4n) is 3.02. The van der Waals surface area contributed by atoms with Crippen molar-refractivity contribution in [3.8, 4) is 5.75 Å². The van der Waals surface area contributed by atoms with Gasteiger partial charge in [0, 0.05) is 12.7 Å². The number of nitrogens with one attached hydrogen (secondary N) is 2. The third-order valence-electron chi connectivity index (χ3n) is 4.90. The molecule has 184 valence electrons. The molecule has 3 aromatic rings. The van der Waals surface area contributed by atoms with Gasteiger partial charge in [-0.2, -0.15) is 0 Å². The van der Waals surface area contributed by atoms with Crippen LogP contribution in [0.15, 0.2) is 53.7 Å². The summed E-state index contributed by atoms with van der Waals surface area (Å²) in [6.07, 6.45) is 0.240. The predicted molar refractivity (Wildman–Crippen MR) is 131 cm³/mol. The minimum atomic E-state index is -0.407. The summed E-state index contributed by atoms with van der Waals surface area (Å²) in [7, 11) is 3.37. The zero-order valence-corrected chi connectivity index (χ0v) is 20.6. The summed E-state index contributed by atoms with van der Waals surface area (Å²) in [5.74, 6) is 0.660. The summed E-state index contributed by atoms with van der Waals surface area (Å²) < 4.78 is 11.8. The first-order chi connectivity index (χ1) is 16.9. The highest BCUT2D eigenvalue weighted by Gasteiger charge is 2.13. The van der Waals surface area contributed by atoms with Crippen molar-refractivity contribution in [1.82, 2.24) is 20.1 Å². The molecule has 10 nitrogen and oxygen atoms in total. The number of esters is 1. The molecule has 2 N–H and O–H groups in total. The number of anilines is 1. The van der Waals surface area contributed by atoms with Crippen LogP contribution < -0.4 is 15.4 Å². The molecule has 1 heterocycles. The van der Waals surface area contributed by atoms with Crippen LogP contribution in [0.25, 0.3) is 0 Å². The monoisotopic (exact) mass is 497 g/mol. The largest absolute Gasteiger partial charge is 0.497 e. The average Bonchev–Trinajstić information content (AvgIpc) is 3.21. The van der Waals surface area contributed by atoms with Crippen LogP contribution in [0.3, 0.4) is 0 Å². The van der Waals surface area contributed by atoms with Gasteiger partial charge >= 0.3 is 5.97 Å². The van der Waals surface area contributed by atoms with E-state index in [-0.39, 0.29) is 30.5 Å². The van der Waals surface area contributed by atoms with E-state index in [0.29, 0.717) is 28.8 Å². The minimum Gasteiger partial charge on any atom is -0.497 e. The predicted octanol–water partition coefficient (Wildman–Crippen LogP) is 2.59. The average molecular weight is 498 g/mol. The lowest BCUT2D eigenvalue weighted by Gasteiger charge is -2.08. The van der Waals surface area contributed by atoms with E-state index in [2.05, 4.69) is 20.8 Å². The van der Waals surface area contributed by atoms with Crippen molar-refractivity contribution < 1.29 is 23.9 Å². The van der Waals surface area contributed by atoms with Crippen molar-refractivity contribution in [3.05, 3.63) is 65.5 Å². The Labute approximate surface area is 207 Å². The number of hydrogen-bond acceptors (Lipinski definition) is 8. The molecular formula is C24H27N5O5S. The smallest absolute Gasteiger partial charge is 0.338 e. The van der Waals surface area contributed by atoms with Crippen LogP contribution in [0.5, 0.6) is 5.75 Å². The van der Waals surface area contributed by atoms with E-state index in [0.717, 1.165) is 11.3 Å². The fourth-order valence-corrected chi connectivity index (χ4v) is 3.75. The molecule has 3 rings (SSSR count). The zero-order chi connectivity index (χ0) is 25.2.